The number of aromatic nitrogens is 2. The molecule has 324 valence electrons. The van der Waals surface area contributed by atoms with Gasteiger partial charge in [-0.3, -0.25) is 0 Å². The summed E-state index contributed by atoms with van der Waals surface area (Å²) in [7, 11) is -2.96. The molecule has 0 spiro atoms. The van der Waals surface area contributed by atoms with E-state index in [1.165, 1.54) is 103 Å². The fourth-order valence-corrected chi connectivity index (χ4v) is 16.0. The van der Waals surface area contributed by atoms with Gasteiger partial charge in [-0.15, -0.1) is 0 Å². The van der Waals surface area contributed by atoms with Crippen molar-refractivity contribution in [2.45, 2.75) is 0 Å². The molecule has 0 amide bonds. The average molecular weight is 895 g/mol. The zero-order valence-electron chi connectivity index (χ0n) is 38.0. The fourth-order valence-electron chi connectivity index (χ4n) is 11.2. The van der Waals surface area contributed by atoms with Crippen molar-refractivity contribution in [2.24, 2.45) is 0 Å². The van der Waals surface area contributed by atoms with Crippen LogP contribution < -0.4 is 20.7 Å². The molecule has 69 heavy (non-hydrogen) atoms. The maximum Gasteiger partial charge on any atom is 0.179 e. The first-order chi connectivity index (χ1) is 34.3. The number of nitrogens with zero attached hydrogens (tertiary/aromatic N) is 2. The molecule has 0 unspecified atom stereocenters. The highest BCUT2D eigenvalue weighted by Gasteiger charge is 2.42. The first-order valence-electron chi connectivity index (χ1n) is 23.8. The minimum absolute atomic E-state index is 1.16. The Morgan fingerprint density at radius 2 is 0.623 bits per heavy atom. The summed E-state index contributed by atoms with van der Waals surface area (Å²) in [6, 6.07) is 104. The molecule has 0 radical (unpaired) electrons. The second kappa shape index (κ2) is 16.8. The normalized spacial score (nSPS) is 11.8. The fraction of sp³-hybridized carbons (Fsp3) is 0. The monoisotopic (exact) mass is 894 g/mol. The summed E-state index contributed by atoms with van der Waals surface area (Å²) in [6.45, 7) is 0. The maximum atomic E-state index is 2.55. The summed E-state index contributed by atoms with van der Waals surface area (Å²) < 4.78 is 4.96. The number of hydrogen-bond acceptors (Lipinski definition) is 0. The number of hydrogen-bond donors (Lipinski definition) is 0. The molecule has 2 heterocycles. The maximum absolute atomic E-state index is 2.96. The predicted molar refractivity (Wildman–Crippen MR) is 295 cm³/mol. The van der Waals surface area contributed by atoms with E-state index in [0.717, 1.165) is 5.69 Å². The highest BCUT2D eigenvalue weighted by Crippen LogP contribution is 2.43. The molecular weight excluding hydrogens is 849 g/mol. The lowest BCUT2D eigenvalue weighted by Crippen LogP contribution is -2.74. The molecule has 0 aliphatic carbocycles. The summed E-state index contributed by atoms with van der Waals surface area (Å²) in [5.41, 5.74) is 14.2. The van der Waals surface area contributed by atoms with Crippen molar-refractivity contribution < 1.29 is 0 Å². The van der Waals surface area contributed by atoms with Crippen molar-refractivity contribution in [3.63, 3.8) is 0 Å². The third kappa shape index (κ3) is 6.62. The predicted octanol–water partition coefficient (Wildman–Crippen LogP) is 14.3. The number of fused-ring (bicyclic) bond motifs is 6. The van der Waals surface area contributed by atoms with E-state index < -0.39 is 8.07 Å². The van der Waals surface area contributed by atoms with Crippen LogP contribution in [0.3, 0.4) is 0 Å². The van der Waals surface area contributed by atoms with Crippen LogP contribution in [0.5, 0.6) is 0 Å². The summed E-state index contributed by atoms with van der Waals surface area (Å²) in [6.07, 6.45) is 0. The lowest BCUT2D eigenvalue weighted by molar-refractivity contribution is 1.18. The number of para-hydroxylation sites is 3. The van der Waals surface area contributed by atoms with Crippen LogP contribution in [0.25, 0.3) is 88.4 Å². The summed E-state index contributed by atoms with van der Waals surface area (Å²) in [4.78, 5) is 0. The Hall–Kier alpha value is -8.76. The third-order valence-corrected chi connectivity index (χ3v) is 19.0. The highest BCUT2D eigenvalue weighted by atomic mass is 28.3. The first kappa shape index (κ1) is 40.5. The van der Waals surface area contributed by atoms with Gasteiger partial charge in [-0.05, 0) is 85.5 Å². The van der Waals surface area contributed by atoms with Gasteiger partial charge in [0.05, 0.1) is 27.8 Å². The average Bonchev–Trinajstić information content (AvgIpc) is 3.94. The molecule has 0 fully saturated rings. The minimum Gasteiger partial charge on any atom is -0.309 e. The van der Waals surface area contributed by atoms with E-state index in [0.29, 0.717) is 0 Å². The van der Waals surface area contributed by atoms with Crippen molar-refractivity contribution in [1.29, 1.82) is 0 Å². The SMILES string of the molecule is c1ccc(-c2cc([Si](c3ccccc3)(c3ccccc3)c3ccccc3)cc(-c3ccccc3)c2-n2c3ccccc3c3cc(-c4ccc5c6ccccc6n(-c6ccccc6)c5c4)ccc32)cc1. The van der Waals surface area contributed by atoms with Crippen LogP contribution in [-0.4, -0.2) is 17.2 Å². The van der Waals surface area contributed by atoms with Crippen molar-refractivity contribution in [3.8, 4) is 44.8 Å². The molecular formula is C66H46N2Si. The van der Waals surface area contributed by atoms with Gasteiger partial charge in [0.2, 0.25) is 0 Å². The van der Waals surface area contributed by atoms with Gasteiger partial charge in [-0.2, -0.15) is 0 Å². The Morgan fingerprint density at radius 1 is 0.232 bits per heavy atom. The van der Waals surface area contributed by atoms with Gasteiger partial charge in [0.1, 0.15) is 0 Å². The highest BCUT2D eigenvalue weighted by molar-refractivity contribution is 7.20. The lowest BCUT2D eigenvalue weighted by atomic mass is 9.95. The van der Waals surface area contributed by atoms with E-state index in [1.807, 2.05) is 0 Å². The van der Waals surface area contributed by atoms with Crippen LogP contribution in [0.4, 0.5) is 0 Å². The van der Waals surface area contributed by atoms with E-state index in [9.17, 15) is 0 Å². The van der Waals surface area contributed by atoms with Crippen molar-refractivity contribution in [1.82, 2.24) is 9.13 Å². The number of rotatable bonds is 9. The second-order valence-electron chi connectivity index (χ2n) is 18.0. The molecule has 13 aromatic rings. The smallest absolute Gasteiger partial charge is 0.179 e. The Labute approximate surface area is 403 Å². The van der Waals surface area contributed by atoms with Gasteiger partial charge in [-0.25, -0.2) is 0 Å². The topological polar surface area (TPSA) is 9.86 Å². The van der Waals surface area contributed by atoms with Crippen molar-refractivity contribution in [2.75, 3.05) is 0 Å². The third-order valence-electron chi connectivity index (χ3n) is 14.3. The Kier molecular flexibility index (Phi) is 9.88. The molecule has 3 heteroatoms. The quantitative estimate of drug-likeness (QED) is 0.101. The molecule has 2 nitrogen and oxygen atoms in total. The van der Waals surface area contributed by atoms with Crippen LogP contribution in [-0.2, 0) is 0 Å². The zero-order valence-corrected chi connectivity index (χ0v) is 39.0. The van der Waals surface area contributed by atoms with E-state index >= 15 is 0 Å². The molecule has 2 aromatic heterocycles. The van der Waals surface area contributed by atoms with Crippen LogP contribution in [0.15, 0.2) is 279 Å². The van der Waals surface area contributed by atoms with Gasteiger partial charge in [0, 0.05) is 38.4 Å². The van der Waals surface area contributed by atoms with Crippen LogP contribution >= 0.6 is 0 Å². The molecule has 0 bridgehead atoms. The van der Waals surface area contributed by atoms with Crippen molar-refractivity contribution in [3.05, 3.63) is 279 Å². The van der Waals surface area contributed by atoms with Gasteiger partial charge < -0.3 is 9.13 Å². The first-order valence-corrected chi connectivity index (χ1v) is 25.8. The van der Waals surface area contributed by atoms with Crippen LogP contribution in [0.2, 0.25) is 0 Å². The molecule has 0 saturated carbocycles. The van der Waals surface area contributed by atoms with Crippen molar-refractivity contribution >= 4 is 72.4 Å². The standard InChI is InChI=1S/C66H46N2Si/c1-7-23-47(24-8-1)59-45-55(69(52-29-13-4-14-30-52,53-31-15-5-16-32-53)54-33-17-6-18-34-54)46-60(48-25-9-2-10-26-48)66(59)68-63-38-22-20-36-57(63)61-43-49(40-42-64(61)68)50-39-41-58-56-35-19-21-37-62(56)67(65(58)44-50)51-27-11-3-12-28-51/h1-46H. The lowest BCUT2D eigenvalue weighted by Gasteiger charge is -2.36. The molecule has 0 saturated heterocycles. The molecule has 0 atom stereocenters. The van der Waals surface area contributed by atoms with Gasteiger partial charge in [0.25, 0.3) is 0 Å². The van der Waals surface area contributed by atoms with Gasteiger partial charge >= 0.3 is 0 Å². The van der Waals surface area contributed by atoms with Crippen LogP contribution in [0, 0.1) is 0 Å². The Balaban J connectivity index is 1.11. The van der Waals surface area contributed by atoms with E-state index in [1.54, 1.807) is 0 Å². The minimum atomic E-state index is -2.96. The van der Waals surface area contributed by atoms with Crippen LogP contribution in [0.1, 0.15) is 0 Å². The number of benzene rings is 11. The van der Waals surface area contributed by atoms with Gasteiger partial charge in [0.15, 0.2) is 8.07 Å². The Morgan fingerprint density at radius 3 is 1.16 bits per heavy atom. The zero-order chi connectivity index (χ0) is 45.7. The second-order valence-corrected chi connectivity index (χ2v) is 21.8. The summed E-state index contributed by atoms with van der Waals surface area (Å²) in [5.74, 6) is 0. The summed E-state index contributed by atoms with van der Waals surface area (Å²) in [5, 5.41) is 10.3. The molecule has 0 N–H and O–H groups in total. The van der Waals surface area contributed by atoms with Gasteiger partial charge in [-0.1, -0.05) is 237 Å². The molecule has 0 aliphatic rings. The molecule has 13 rings (SSSR count). The van der Waals surface area contributed by atoms with E-state index in [-0.39, 0.29) is 0 Å². The molecule has 11 aromatic carbocycles. The largest absolute Gasteiger partial charge is 0.309 e. The van der Waals surface area contributed by atoms with E-state index in [2.05, 4.69) is 288 Å². The molecule has 0 aliphatic heterocycles. The summed E-state index contributed by atoms with van der Waals surface area (Å²) >= 11 is 0. The van der Waals surface area contributed by atoms with E-state index in [4.69, 9.17) is 0 Å². The Bertz CT molecular complexity index is 3820.